The Balaban J connectivity index is 1.92. The second-order valence-electron chi connectivity index (χ2n) is 5.31. The maximum atomic E-state index is 8.56. The van der Waals surface area contributed by atoms with Crippen LogP contribution in [0.5, 0.6) is 0 Å². The van der Waals surface area contributed by atoms with E-state index in [2.05, 4.69) is 24.0 Å². The van der Waals surface area contributed by atoms with Crippen LogP contribution in [0, 0.1) is 17.2 Å². The number of hydrogen-bond donors (Lipinski definition) is 0. The average molecular weight is 246 g/mol. The lowest BCUT2D eigenvalue weighted by Gasteiger charge is -2.37. The van der Waals surface area contributed by atoms with Crippen LogP contribution in [0.25, 0.3) is 0 Å². The van der Waals surface area contributed by atoms with Gasteiger partial charge in [-0.25, -0.2) is 0 Å². The van der Waals surface area contributed by atoms with Gasteiger partial charge in [-0.3, -0.25) is 4.90 Å². The van der Waals surface area contributed by atoms with Crippen molar-refractivity contribution in [1.29, 1.82) is 5.26 Å². The molecule has 1 fully saturated rings. The van der Waals surface area contributed by atoms with Gasteiger partial charge in [0.15, 0.2) is 0 Å². The molecule has 3 nitrogen and oxygen atoms in total. The quantitative estimate of drug-likeness (QED) is 0.743. The number of hydrogen-bond acceptors (Lipinski definition) is 3. The number of furan rings is 1. The van der Waals surface area contributed by atoms with E-state index in [1.165, 1.54) is 12.8 Å². The van der Waals surface area contributed by atoms with E-state index < -0.39 is 0 Å². The summed E-state index contributed by atoms with van der Waals surface area (Å²) in [6.45, 7) is 4.56. The third-order valence-electron chi connectivity index (χ3n) is 3.83. The molecule has 0 aromatic carbocycles. The predicted octanol–water partition coefficient (Wildman–Crippen LogP) is 3.75. The van der Waals surface area contributed by atoms with Crippen LogP contribution in [0.1, 0.15) is 50.8 Å². The third-order valence-corrected chi connectivity index (χ3v) is 3.83. The van der Waals surface area contributed by atoms with Gasteiger partial charge >= 0.3 is 0 Å². The predicted molar refractivity (Wildman–Crippen MR) is 70.9 cm³/mol. The molecule has 1 saturated heterocycles. The van der Waals surface area contributed by atoms with Gasteiger partial charge in [-0.15, -0.1) is 0 Å². The van der Waals surface area contributed by atoms with Gasteiger partial charge < -0.3 is 4.42 Å². The summed E-state index contributed by atoms with van der Waals surface area (Å²) in [6.07, 6.45) is 7.02. The monoisotopic (exact) mass is 246 g/mol. The Morgan fingerprint density at radius 1 is 1.50 bits per heavy atom. The normalized spacial score (nSPS) is 24.9. The first kappa shape index (κ1) is 13.2. The van der Waals surface area contributed by atoms with E-state index in [0.29, 0.717) is 12.5 Å². The highest BCUT2D eigenvalue weighted by molar-refractivity contribution is 5.06. The van der Waals surface area contributed by atoms with E-state index in [1.807, 2.05) is 6.07 Å². The number of nitriles is 1. The first-order valence-corrected chi connectivity index (χ1v) is 6.95. The number of piperidine rings is 1. The largest absolute Gasteiger partial charge is 0.468 e. The van der Waals surface area contributed by atoms with Crippen molar-refractivity contribution in [2.45, 2.75) is 45.1 Å². The van der Waals surface area contributed by atoms with E-state index in [-0.39, 0.29) is 0 Å². The lowest BCUT2D eigenvalue weighted by atomic mass is 9.91. The SMILES string of the molecule is C[C@H]1CCN(CCCCC#N)[C@@H](c2ccco2)C1. The molecule has 2 heterocycles. The van der Waals surface area contributed by atoms with Crippen LogP contribution >= 0.6 is 0 Å². The van der Waals surface area contributed by atoms with Crippen molar-refractivity contribution in [2.24, 2.45) is 5.92 Å². The molecule has 0 amide bonds. The third kappa shape index (κ3) is 3.36. The minimum Gasteiger partial charge on any atom is -0.468 e. The average Bonchev–Trinajstić information content (AvgIpc) is 2.90. The Labute approximate surface area is 109 Å². The second kappa shape index (κ2) is 6.61. The van der Waals surface area contributed by atoms with Gasteiger partial charge in [0.2, 0.25) is 0 Å². The molecule has 1 aromatic heterocycles. The highest BCUT2D eigenvalue weighted by atomic mass is 16.3. The molecule has 1 aliphatic rings. The van der Waals surface area contributed by atoms with Gasteiger partial charge in [0.1, 0.15) is 5.76 Å². The molecule has 3 heteroatoms. The molecule has 98 valence electrons. The Hall–Kier alpha value is -1.27. The molecule has 2 rings (SSSR count). The van der Waals surface area contributed by atoms with Gasteiger partial charge in [0.05, 0.1) is 18.4 Å². The van der Waals surface area contributed by atoms with Crippen LogP contribution in [-0.2, 0) is 0 Å². The van der Waals surface area contributed by atoms with E-state index in [1.54, 1.807) is 6.26 Å². The molecular formula is C15H22N2O. The molecule has 0 bridgehead atoms. The molecule has 0 radical (unpaired) electrons. The number of likely N-dealkylation sites (tertiary alicyclic amines) is 1. The van der Waals surface area contributed by atoms with Crippen molar-refractivity contribution in [3.63, 3.8) is 0 Å². The van der Waals surface area contributed by atoms with Crippen LogP contribution in [0.4, 0.5) is 0 Å². The Kier molecular flexibility index (Phi) is 4.83. The summed E-state index contributed by atoms with van der Waals surface area (Å²) in [5.41, 5.74) is 0. The van der Waals surface area contributed by atoms with Crippen molar-refractivity contribution in [1.82, 2.24) is 4.90 Å². The fraction of sp³-hybridized carbons (Fsp3) is 0.667. The molecule has 1 aromatic rings. The maximum Gasteiger partial charge on any atom is 0.120 e. The lowest BCUT2D eigenvalue weighted by molar-refractivity contribution is 0.1000. The van der Waals surface area contributed by atoms with E-state index in [0.717, 1.165) is 37.6 Å². The molecule has 2 atom stereocenters. The van der Waals surface area contributed by atoms with E-state index >= 15 is 0 Å². The smallest absolute Gasteiger partial charge is 0.120 e. The number of rotatable bonds is 5. The van der Waals surface area contributed by atoms with E-state index in [4.69, 9.17) is 9.68 Å². The summed E-state index contributed by atoms with van der Waals surface area (Å²) >= 11 is 0. The molecule has 0 unspecified atom stereocenters. The molecule has 0 N–H and O–H groups in total. The van der Waals surface area contributed by atoms with Crippen molar-refractivity contribution in [3.05, 3.63) is 24.2 Å². The summed E-state index contributed by atoms with van der Waals surface area (Å²) < 4.78 is 5.59. The van der Waals surface area contributed by atoms with Gasteiger partial charge in [-0.1, -0.05) is 6.92 Å². The summed E-state index contributed by atoms with van der Waals surface area (Å²) in [4.78, 5) is 2.52. The minimum atomic E-state index is 0.436. The lowest BCUT2D eigenvalue weighted by Crippen LogP contribution is -2.36. The van der Waals surface area contributed by atoms with Crippen LogP contribution in [0.15, 0.2) is 22.8 Å². The highest BCUT2D eigenvalue weighted by Crippen LogP contribution is 2.34. The number of unbranched alkanes of at least 4 members (excludes halogenated alkanes) is 2. The van der Waals surface area contributed by atoms with Crippen LogP contribution in [-0.4, -0.2) is 18.0 Å². The maximum absolute atomic E-state index is 8.56. The van der Waals surface area contributed by atoms with Gasteiger partial charge in [0, 0.05) is 6.42 Å². The standard InChI is InChI=1S/C15H22N2O/c1-13-7-10-17(9-4-2-3-8-16)14(12-13)15-6-5-11-18-15/h5-6,11,13-14H,2-4,7,9-10,12H2,1H3/t13-,14+/m0/s1. The Morgan fingerprint density at radius 2 is 2.39 bits per heavy atom. The molecular weight excluding hydrogens is 224 g/mol. The zero-order valence-electron chi connectivity index (χ0n) is 11.1. The zero-order valence-corrected chi connectivity index (χ0v) is 11.1. The first-order chi connectivity index (χ1) is 8.81. The number of nitrogens with zero attached hydrogens (tertiary/aromatic N) is 2. The van der Waals surface area contributed by atoms with Gasteiger partial charge in [0.25, 0.3) is 0 Å². The van der Waals surface area contributed by atoms with Gasteiger partial charge in [-0.2, -0.15) is 5.26 Å². The van der Waals surface area contributed by atoms with Crippen molar-refractivity contribution >= 4 is 0 Å². The fourth-order valence-corrected chi connectivity index (χ4v) is 2.75. The Morgan fingerprint density at radius 3 is 3.11 bits per heavy atom. The zero-order chi connectivity index (χ0) is 12.8. The van der Waals surface area contributed by atoms with Crippen molar-refractivity contribution in [2.75, 3.05) is 13.1 Å². The summed E-state index contributed by atoms with van der Waals surface area (Å²) in [6, 6.07) is 6.71. The van der Waals surface area contributed by atoms with Crippen LogP contribution < -0.4 is 0 Å². The van der Waals surface area contributed by atoms with Crippen molar-refractivity contribution < 1.29 is 4.42 Å². The first-order valence-electron chi connectivity index (χ1n) is 6.95. The van der Waals surface area contributed by atoms with Gasteiger partial charge in [-0.05, 0) is 56.8 Å². The summed E-state index contributed by atoms with van der Waals surface area (Å²) in [7, 11) is 0. The topological polar surface area (TPSA) is 40.2 Å². The minimum absolute atomic E-state index is 0.436. The van der Waals surface area contributed by atoms with Crippen molar-refractivity contribution in [3.8, 4) is 6.07 Å². The van der Waals surface area contributed by atoms with Crippen LogP contribution in [0.3, 0.4) is 0 Å². The molecule has 1 aliphatic heterocycles. The van der Waals surface area contributed by atoms with Crippen LogP contribution in [0.2, 0.25) is 0 Å². The fourth-order valence-electron chi connectivity index (χ4n) is 2.75. The second-order valence-corrected chi connectivity index (χ2v) is 5.31. The summed E-state index contributed by atoms with van der Waals surface area (Å²) in [5, 5.41) is 8.56. The molecule has 0 saturated carbocycles. The highest BCUT2D eigenvalue weighted by Gasteiger charge is 2.28. The summed E-state index contributed by atoms with van der Waals surface area (Å²) in [5.74, 6) is 1.87. The van der Waals surface area contributed by atoms with E-state index in [9.17, 15) is 0 Å². The molecule has 18 heavy (non-hydrogen) atoms. The molecule has 0 aliphatic carbocycles. The Bertz CT molecular complexity index is 380. The molecule has 0 spiro atoms.